The molecule has 0 radical (unpaired) electrons. The van der Waals surface area contributed by atoms with Gasteiger partial charge in [-0.15, -0.1) is 0 Å². The number of phosphoric acid groups is 2. The molecule has 7 N–H and O–H groups in total. The van der Waals surface area contributed by atoms with Crippen LogP contribution in [0.3, 0.4) is 0 Å². The highest BCUT2D eigenvalue weighted by atomic mass is 31.3. The number of aromatic nitrogens is 2. The van der Waals surface area contributed by atoms with Crippen LogP contribution < -0.4 is 11.4 Å². The molecule has 1 aliphatic rings. The van der Waals surface area contributed by atoms with Crippen molar-refractivity contribution in [1.29, 1.82) is 0 Å². The third-order valence-electron chi connectivity index (χ3n) is 11.1. The topological polar surface area (TPSA) is 286 Å². The van der Waals surface area contributed by atoms with E-state index in [1.165, 1.54) is 25.3 Å². The van der Waals surface area contributed by atoms with Crippen LogP contribution in [0.4, 0.5) is 5.82 Å². The minimum Gasteiger partial charge on any atom is -0.462 e. The van der Waals surface area contributed by atoms with Crippen molar-refractivity contribution in [3.63, 3.8) is 0 Å². The number of unbranched alkanes of at least 4 members (excludes halogenated alkanes) is 10. The Morgan fingerprint density at radius 2 is 1.32 bits per heavy atom. The first-order chi connectivity index (χ1) is 35.1. The molecule has 412 valence electrons. The maximum atomic E-state index is 12.9. The molecule has 0 saturated carbocycles. The molecule has 73 heavy (non-hydrogen) atoms. The van der Waals surface area contributed by atoms with Gasteiger partial charge in [0, 0.05) is 19.0 Å². The Kier molecular flexibility index (Phi) is 35.0. The van der Waals surface area contributed by atoms with Crippen molar-refractivity contribution in [3.8, 4) is 0 Å². The highest BCUT2D eigenvalue weighted by molar-refractivity contribution is 7.61. The van der Waals surface area contributed by atoms with Crippen molar-refractivity contribution < 1.29 is 71.4 Å². The number of nitrogens with zero attached hydrogens (tertiary/aromatic N) is 2. The smallest absolute Gasteiger partial charge is 0.462 e. The number of carbonyl (C=O) groups is 2. The Hall–Kier alpha value is -4.10. The molecule has 2 rings (SSSR count). The molecule has 1 fully saturated rings. The van der Waals surface area contributed by atoms with Gasteiger partial charge in [0.05, 0.1) is 19.3 Å². The number of ether oxygens (including phenoxy) is 3. The van der Waals surface area contributed by atoms with E-state index in [9.17, 15) is 48.6 Å². The van der Waals surface area contributed by atoms with Crippen LogP contribution in [-0.2, 0) is 46.3 Å². The molecule has 1 aliphatic heterocycles. The van der Waals surface area contributed by atoms with Crippen LogP contribution in [0.25, 0.3) is 0 Å². The van der Waals surface area contributed by atoms with Gasteiger partial charge in [-0.2, -0.15) is 9.29 Å². The number of hydrogen-bond acceptors (Lipinski definition) is 16. The molecule has 1 aromatic rings. The molecule has 21 heteroatoms. The number of rotatable bonds is 41. The van der Waals surface area contributed by atoms with Gasteiger partial charge < -0.3 is 45.1 Å². The lowest BCUT2D eigenvalue weighted by Gasteiger charge is -2.21. The number of phosphoric ester groups is 2. The highest BCUT2D eigenvalue weighted by Gasteiger charge is 2.46. The summed E-state index contributed by atoms with van der Waals surface area (Å²) < 4.78 is 56.6. The number of nitrogens with two attached hydrogens (primary N) is 1. The molecule has 19 nitrogen and oxygen atoms in total. The maximum absolute atomic E-state index is 12.9. The van der Waals surface area contributed by atoms with Gasteiger partial charge >= 0.3 is 33.3 Å². The Morgan fingerprint density at radius 1 is 0.740 bits per heavy atom. The van der Waals surface area contributed by atoms with E-state index in [1.54, 1.807) is 12.2 Å². The van der Waals surface area contributed by atoms with Crippen molar-refractivity contribution >= 4 is 33.4 Å². The zero-order valence-electron chi connectivity index (χ0n) is 42.8. The van der Waals surface area contributed by atoms with Crippen molar-refractivity contribution in [2.75, 3.05) is 25.6 Å². The number of allylic oxidation sites excluding steroid dienone is 13. The van der Waals surface area contributed by atoms with Crippen LogP contribution in [0, 0.1) is 0 Å². The fourth-order valence-electron chi connectivity index (χ4n) is 7.08. The lowest BCUT2D eigenvalue weighted by Crippen LogP contribution is -2.36. The van der Waals surface area contributed by atoms with Crippen molar-refractivity contribution in [3.05, 3.63) is 108 Å². The summed E-state index contributed by atoms with van der Waals surface area (Å²) in [7, 11) is -10.9. The molecule has 8 atom stereocenters. The Balaban J connectivity index is 1.86. The standard InChI is InChI=1S/C52H83N3O16P2/c1-3-5-7-9-11-13-15-17-18-19-20-22-24-26-28-30-32-36-47(57)66-40-44(69-48(58)37-33-35-43(56)34-31-29-27-25-23-21-16-14-12-10-8-6-4-2)41-67-72(62,63)71-73(64,65)68-42-45-49(59)50(60)51(70-45)55-39-38-46(53)54-52(55)61/h6,8,11-14,17-18,21,23,27,29,31,34,38-39,43-45,49-51,56,59-60H,3-5,7,9-10,15-16,19-20,22,24-26,28,30,32-33,35-37,40-42H2,1-2H3,(H,62,63)(H,64,65)(H2,53,54,61)/b8-6-,13-11-,14-12-,18-17-,23-21-,29-27-,34-31+/t43?,44-,45-,49-,50-,51-/m1/s1. The first kappa shape index (κ1) is 65.0. The fourth-order valence-corrected chi connectivity index (χ4v) is 9.19. The van der Waals surface area contributed by atoms with Crippen LogP contribution in [0.5, 0.6) is 0 Å². The van der Waals surface area contributed by atoms with E-state index in [-0.39, 0.29) is 31.5 Å². The van der Waals surface area contributed by atoms with E-state index in [1.807, 2.05) is 18.2 Å². The molecular formula is C52H83N3O16P2. The molecular weight excluding hydrogens is 985 g/mol. The molecule has 0 aliphatic carbocycles. The Bertz CT molecular complexity index is 2070. The summed E-state index contributed by atoms with van der Waals surface area (Å²) in [6.45, 7) is 1.81. The Morgan fingerprint density at radius 3 is 1.96 bits per heavy atom. The van der Waals surface area contributed by atoms with E-state index in [4.69, 9.17) is 29.0 Å². The second kappa shape index (κ2) is 39.3. The third-order valence-corrected chi connectivity index (χ3v) is 13.7. The van der Waals surface area contributed by atoms with Crippen LogP contribution in [0.15, 0.2) is 102 Å². The largest absolute Gasteiger partial charge is 0.481 e. The number of carbonyl (C=O) groups excluding carboxylic acids is 2. The molecule has 0 aromatic carbocycles. The van der Waals surface area contributed by atoms with Crippen molar-refractivity contribution in [1.82, 2.24) is 9.55 Å². The van der Waals surface area contributed by atoms with E-state index >= 15 is 0 Å². The third kappa shape index (κ3) is 32.1. The summed E-state index contributed by atoms with van der Waals surface area (Å²) >= 11 is 0. The molecule has 2 heterocycles. The van der Waals surface area contributed by atoms with E-state index < -0.39 is 89.8 Å². The fraction of sp³-hybridized carbons (Fsp3) is 0.615. The van der Waals surface area contributed by atoms with E-state index in [0.29, 0.717) is 6.42 Å². The quantitative estimate of drug-likeness (QED) is 0.0117. The average Bonchev–Trinajstić information content (AvgIpc) is 3.62. The minimum atomic E-state index is -5.48. The number of esters is 2. The monoisotopic (exact) mass is 1070 g/mol. The summed E-state index contributed by atoms with van der Waals surface area (Å²) in [5.41, 5.74) is 4.57. The molecule has 0 bridgehead atoms. The maximum Gasteiger partial charge on any atom is 0.481 e. The van der Waals surface area contributed by atoms with Crippen LogP contribution in [-0.4, -0.2) is 96.9 Å². The number of nitrogen functional groups attached to an aromatic ring is 1. The zero-order chi connectivity index (χ0) is 53.6. The zero-order valence-corrected chi connectivity index (χ0v) is 44.6. The van der Waals surface area contributed by atoms with Gasteiger partial charge in [-0.3, -0.25) is 23.2 Å². The Labute approximate surface area is 431 Å². The predicted octanol–water partition coefficient (Wildman–Crippen LogP) is 9.64. The van der Waals surface area contributed by atoms with Crippen molar-refractivity contribution in [2.45, 2.75) is 185 Å². The molecule has 1 saturated heterocycles. The van der Waals surface area contributed by atoms with Gasteiger partial charge in [-0.05, 0) is 83.1 Å². The predicted molar refractivity (Wildman–Crippen MR) is 281 cm³/mol. The summed E-state index contributed by atoms with van der Waals surface area (Å²) in [4.78, 5) is 62.0. The number of aliphatic hydroxyl groups is 3. The summed E-state index contributed by atoms with van der Waals surface area (Å²) in [6, 6.07) is 1.23. The number of hydrogen-bond donors (Lipinski definition) is 6. The molecule has 0 spiro atoms. The highest BCUT2D eigenvalue weighted by Crippen LogP contribution is 2.60. The molecule has 0 amide bonds. The normalized spacial score (nSPS) is 20.1. The van der Waals surface area contributed by atoms with Crippen molar-refractivity contribution in [2.24, 2.45) is 0 Å². The molecule has 1 aromatic heterocycles. The number of aliphatic hydroxyl groups excluding tert-OH is 3. The van der Waals surface area contributed by atoms with Crippen LogP contribution >= 0.6 is 15.6 Å². The van der Waals surface area contributed by atoms with Crippen LogP contribution in [0.1, 0.15) is 155 Å². The summed E-state index contributed by atoms with van der Waals surface area (Å²) in [5, 5.41) is 31.3. The summed E-state index contributed by atoms with van der Waals surface area (Å²) in [6.07, 6.45) is 38.3. The summed E-state index contributed by atoms with van der Waals surface area (Å²) in [5.74, 6) is -1.53. The first-order valence-corrected chi connectivity index (χ1v) is 28.7. The van der Waals surface area contributed by atoms with Crippen LogP contribution in [0.2, 0.25) is 0 Å². The lowest BCUT2D eigenvalue weighted by atomic mass is 10.1. The van der Waals surface area contributed by atoms with E-state index in [2.05, 4.69) is 77.8 Å². The minimum absolute atomic E-state index is 0.0725. The van der Waals surface area contributed by atoms with Gasteiger partial charge in [0.15, 0.2) is 12.3 Å². The van der Waals surface area contributed by atoms with Gasteiger partial charge in [-0.1, -0.05) is 144 Å². The number of anilines is 1. The van der Waals surface area contributed by atoms with Gasteiger partial charge in [0.1, 0.15) is 30.7 Å². The van der Waals surface area contributed by atoms with E-state index in [0.717, 1.165) is 94.2 Å². The van der Waals surface area contributed by atoms with Gasteiger partial charge in [0.2, 0.25) is 0 Å². The second-order valence-electron chi connectivity index (χ2n) is 17.5. The van der Waals surface area contributed by atoms with Gasteiger partial charge in [-0.25, -0.2) is 13.9 Å². The van der Waals surface area contributed by atoms with Gasteiger partial charge in [0.25, 0.3) is 0 Å². The molecule has 3 unspecified atom stereocenters. The SMILES string of the molecule is CC/C=C\C/C=C\C/C=C\C/C=C\C=C\C(O)CCCC(=O)O[C@H](COC(=O)CCCCCCCCC/C=C\C/C=C\CCCCC)COP(=O)(O)OP(=O)(O)OC[C@H]1O[C@@H](n2ccc(N)nc2=O)[C@H](O)[C@@H]1O. The second-order valence-corrected chi connectivity index (χ2v) is 20.5. The first-order valence-electron chi connectivity index (χ1n) is 25.7. The average molecular weight is 1070 g/mol. The lowest BCUT2D eigenvalue weighted by molar-refractivity contribution is -0.161.